The number of urea groups is 1. The maximum absolute atomic E-state index is 13.1. The number of esters is 4. The Bertz CT molecular complexity index is 952. The van der Waals surface area contributed by atoms with Gasteiger partial charge < -0.3 is 28.6 Å². The largest absolute Gasteiger partial charge is 0.463 e. The van der Waals surface area contributed by atoms with E-state index in [-0.39, 0.29) is 18.7 Å². The van der Waals surface area contributed by atoms with E-state index in [0.29, 0.717) is 0 Å². The molecule has 2 heterocycles. The van der Waals surface area contributed by atoms with Crippen LogP contribution in [0.3, 0.4) is 0 Å². The molecule has 13 heteroatoms. The average molecular weight is 513 g/mol. The third-order valence-electron chi connectivity index (χ3n) is 5.19. The molecular weight excluding hydrogens is 480 g/mol. The van der Waals surface area contributed by atoms with Crippen LogP contribution in [0.25, 0.3) is 0 Å². The Morgan fingerprint density at radius 2 is 1.56 bits per heavy atom. The Kier molecular flexibility index (Phi) is 9.19. The quantitative estimate of drug-likeness (QED) is 0.347. The zero-order valence-corrected chi connectivity index (χ0v) is 21.4. The van der Waals surface area contributed by atoms with Crippen molar-refractivity contribution in [2.24, 2.45) is 5.41 Å². The molecule has 1 fully saturated rings. The van der Waals surface area contributed by atoms with Gasteiger partial charge in [0, 0.05) is 39.6 Å². The molecule has 2 rings (SSSR count). The van der Waals surface area contributed by atoms with Crippen LogP contribution in [-0.2, 0) is 47.7 Å². The van der Waals surface area contributed by atoms with E-state index < -0.39 is 72.3 Å². The number of nitrogens with zero attached hydrogens (tertiary/aromatic N) is 2. The second-order valence-corrected chi connectivity index (χ2v) is 9.47. The molecule has 200 valence electrons. The number of carbonyl (C=O) groups is 6. The van der Waals surface area contributed by atoms with Gasteiger partial charge in [-0.1, -0.05) is 0 Å². The van der Waals surface area contributed by atoms with Gasteiger partial charge in [0.15, 0.2) is 24.7 Å². The minimum Gasteiger partial charge on any atom is -0.463 e. The summed E-state index contributed by atoms with van der Waals surface area (Å²) >= 11 is 0. The Hall–Kier alpha value is -3.48. The van der Waals surface area contributed by atoms with Crippen LogP contribution >= 0.6 is 0 Å². The summed E-state index contributed by atoms with van der Waals surface area (Å²) in [6, 6.07) is -0.630. The summed E-state index contributed by atoms with van der Waals surface area (Å²) in [5.41, 5.74) is -0.924. The second kappa shape index (κ2) is 11.5. The molecule has 0 saturated carbocycles. The number of hydrogen-bond donors (Lipinski definition) is 0. The number of likely N-dealkylation sites (N-methyl/N-ethyl adjacent to an activating group) is 1. The molecule has 0 N–H and O–H groups in total. The lowest BCUT2D eigenvalue weighted by molar-refractivity contribution is -0.165. The van der Waals surface area contributed by atoms with Gasteiger partial charge in [-0.2, -0.15) is 0 Å². The fourth-order valence-electron chi connectivity index (χ4n) is 3.52. The second-order valence-electron chi connectivity index (χ2n) is 9.47. The van der Waals surface area contributed by atoms with E-state index in [1.54, 1.807) is 20.8 Å². The highest BCUT2D eigenvalue weighted by Crippen LogP contribution is 2.33. The van der Waals surface area contributed by atoms with E-state index in [0.717, 1.165) is 29.8 Å². The summed E-state index contributed by atoms with van der Waals surface area (Å²) in [4.78, 5) is 75.3. The molecule has 0 aromatic carbocycles. The lowest BCUT2D eigenvalue weighted by Gasteiger charge is -2.25. The number of amides is 2. The van der Waals surface area contributed by atoms with Gasteiger partial charge in [-0.25, -0.2) is 4.79 Å². The Balaban J connectivity index is 2.47. The molecule has 2 unspecified atom stereocenters. The molecule has 0 aromatic heterocycles. The van der Waals surface area contributed by atoms with E-state index in [2.05, 4.69) is 0 Å². The number of ether oxygens (including phenoxy) is 5. The summed E-state index contributed by atoms with van der Waals surface area (Å²) in [6.45, 7) is 7.16. The molecule has 0 radical (unpaired) electrons. The molecule has 0 aliphatic carbocycles. The van der Waals surface area contributed by atoms with Gasteiger partial charge in [0.25, 0.3) is 0 Å². The first-order chi connectivity index (χ1) is 16.6. The molecule has 2 amide bonds. The summed E-state index contributed by atoms with van der Waals surface area (Å²) in [6.07, 6.45) is -3.71. The summed E-state index contributed by atoms with van der Waals surface area (Å²) in [5, 5.41) is 0. The van der Waals surface area contributed by atoms with Gasteiger partial charge in [-0.3, -0.25) is 28.9 Å². The monoisotopic (exact) mass is 512 g/mol. The first kappa shape index (κ1) is 28.8. The summed E-state index contributed by atoms with van der Waals surface area (Å²) < 4.78 is 26.8. The number of rotatable bonds is 7. The fourth-order valence-corrected chi connectivity index (χ4v) is 3.52. The van der Waals surface area contributed by atoms with Crippen LogP contribution < -0.4 is 0 Å². The first-order valence-corrected chi connectivity index (χ1v) is 11.2. The molecule has 0 bridgehead atoms. The Morgan fingerprint density at radius 1 is 0.972 bits per heavy atom. The molecule has 1 saturated heterocycles. The first-order valence-electron chi connectivity index (χ1n) is 11.2. The molecule has 2 aliphatic rings. The van der Waals surface area contributed by atoms with Gasteiger partial charge in [0.05, 0.1) is 12.0 Å². The zero-order chi connectivity index (χ0) is 27.4. The molecule has 36 heavy (non-hydrogen) atoms. The molecule has 0 aromatic rings. The van der Waals surface area contributed by atoms with Crippen LogP contribution in [0.15, 0.2) is 11.8 Å². The highest BCUT2D eigenvalue weighted by Gasteiger charge is 2.52. The van der Waals surface area contributed by atoms with Crippen LogP contribution in [-0.4, -0.2) is 96.8 Å². The highest BCUT2D eigenvalue weighted by atomic mass is 16.6. The van der Waals surface area contributed by atoms with Crippen molar-refractivity contribution in [1.82, 2.24) is 9.80 Å². The normalized spacial score (nSPS) is 24.6. The van der Waals surface area contributed by atoms with Crippen molar-refractivity contribution in [3.8, 4) is 0 Å². The standard InChI is InChI=1S/C23H32N2O11/c1-12(26)32-10-17-19(34-13(2)27)20(35-14(3)28)18(36-17)15-8-25(11-33-21(30)23(4,5)6)22(31)24(7)9-16(15)29/h8,17-20H,9-11H2,1-7H3/t17-,18+,19?,20?/m1/s1. The lowest BCUT2D eigenvalue weighted by Crippen LogP contribution is -2.42. The maximum Gasteiger partial charge on any atom is 0.326 e. The Morgan fingerprint density at radius 3 is 2.08 bits per heavy atom. The maximum atomic E-state index is 13.1. The zero-order valence-electron chi connectivity index (χ0n) is 21.4. The topological polar surface area (TPSA) is 155 Å². The van der Waals surface area contributed by atoms with Crippen LogP contribution in [0, 0.1) is 5.41 Å². The number of ketones is 1. The van der Waals surface area contributed by atoms with Crippen LogP contribution in [0.4, 0.5) is 4.79 Å². The number of carbonyl (C=O) groups excluding carboxylic acids is 6. The minimum absolute atomic E-state index is 0.0896. The van der Waals surface area contributed by atoms with Crippen molar-refractivity contribution < 1.29 is 52.5 Å². The smallest absolute Gasteiger partial charge is 0.326 e. The van der Waals surface area contributed by atoms with E-state index in [1.807, 2.05) is 0 Å². The predicted molar refractivity (Wildman–Crippen MR) is 120 cm³/mol. The SMILES string of the molecule is CC(=O)OC[C@H]1O[C@@H](C2=CN(COC(=O)C(C)(C)C)C(=O)N(C)CC2=O)C(OC(C)=O)C1OC(C)=O. The van der Waals surface area contributed by atoms with E-state index in [9.17, 15) is 28.8 Å². The number of hydrogen-bond acceptors (Lipinski definition) is 11. The molecule has 4 atom stereocenters. The van der Waals surface area contributed by atoms with E-state index in [4.69, 9.17) is 23.7 Å². The van der Waals surface area contributed by atoms with E-state index >= 15 is 0 Å². The van der Waals surface area contributed by atoms with Crippen LogP contribution in [0.1, 0.15) is 41.5 Å². The Labute approximate surface area is 208 Å². The van der Waals surface area contributed by atoms with Gasteiger partial charge in [0.1, 0.15) is 18.8 Å². The van der Waals surface area contributed by atoms with Gasteiger partial charge >= 0.3 is 29.9 Å². The summed E-state index contributed by atoms with van der Waals surface area (Å²) in [7, 11) is 1.39. The van der Waals surface area contributed by atoms with Crippen molar-refractivity contribution in [1.29, 1.82) is 0 Å². The molecular formula is C23H32N2O11. The van der Waals surface area contributed by atoms with Crippen molar-refractivity contribution >= 4 is 35.7 Å². The van der Waals surface area contributed by atoms with Crippen molar-refractivity contribution in [3.63, 3.8) is 0 Å². The highest BCUT2D eigenvalue weighted by molar-refractivity contribution is 6.01. The fraction of sp³-hybridized carbons (Fsp3) is 0.652. The third-order valence-corrected chi connectivity index (χ3v) is 5.19. The van der Waals surface area contributed by atoms with Crippen molar-refractivity contribution in [2.45, 2.75) is 66.0 Å². The van der Waals surface area contributed by atoms with Crippen LogP contribution in [0.2, 0.25) is 0 Å². The molecule has 2 aliphatic heterocycles. The predicted octanol–water partition coefficient (Wildman–Crippen LogP) is 0.548. The van der Waals surface area contributed by atoms with Gasteiger partial charge in [-0.05, 0) is 20.8 Å². The van der Waals surface area contributed by atoms with Crippen molar-refractivity contribution in [2.75, 3.05) is 26.9 Å². The minimum atomic E-state index is -1.29. The lowest BCUT2D eigenvalue weighted by atomic mass is 9.97. The van der Waals surface area contributed by atoms with Crippen LogP contribution in [0.5, 0.6) is 0 Å². The van der Waals surface area contributed by atoms with E-state index in [1.165, 1.54) is 14.0 Å². The third kappa shape index (κ3) is 7.26. The van der Waals surface area contributed by atoms with Gasteiger partial charge in [0.2, 0.25) is 0 Å². The van der Waals surface area contributed by atoms with Crippen molar-refractivity contribution in [3.05, 3.63) is 11.8 Å². The number of Topliss-reactive ketones (excluding diaryl/α,β-unsaturated/α-hetero) is 1. The van der Waals surface area contributed by atoms with Gasteiger partial charge in [-0.15, -0.1) is 0 Å². The summed E-state index contributed by atoms with van der Waals surface area (Å²) in [5.74, 6) is -3.22. The average Bonchev–Trinajstić information content (AvgIpc) is 3.00. The molecule has 13 nitrogen and oxygen atoms in total. The molecule has 0 spiro atoms.